The van der Waals surface area contributed by atoms with Gasteiger partial charge in [-0.05, 0) is 34.2 Å². The van der Waals surface area contributed by atoms with Crippen molar-refractivity contribution < 1.29 is 0 Å². The Hall–Kier alpha value is -1.65. The molecule has 0 atom stereocenters. The highest BCUT2D eigenvalue weighted by atomic mass is 35.5. The van der Waals surface area contributed by atoms with Crippen molar-refractivity contribution in [1.29, 1.82) is 0 Å². The molecular weight excluding hydrogens is 278 g/mol. The van der Waals surface area contributed by atoms with Crippen molar-refractivity contribution in [3.05, 3.63) is 52.1 Å². The van der Waals surface area contributed by atoms with E-state index in [2.05, 4.69) is 45.2 Å². The molecule has 1 aromatic carbocycles. The quantitative estimate of drug-likeness (QED) is 0.636. The maximum atomic E-state index is 6.03. The van der Waals surface area contributed by atoms with Crippen LogP contribution in [0.1, 0.15) is 11.1 Å². The van der Waals surface area contributed by atoms with E-state index in [0.717, 1.165) is 29.1 Å². The molecule has 19 heavy (non-hydrogen) atoms. The highest BCUT2D eigenvalue weighted by Gasteiger charge is 2.22. The van der Waals surface area contributed by atoms with Gasteiger partial charge in [0.15, 0.2) is 0 Å². The summed E-state index contributed by atoms with van der Waals surface area (Å²) < 4.78 is 0. The third kappa shape index (κ3) is 1.79. The first-order valence-corrected chi connectivity index (χ1v) is 7.29. The molecule has 0 unspecified atom stereocenters. The smallest absolute Gasteiger partial charge is 0.225 e. The normalized spacial score (nSPS) is 14.1. The summed E-state index contributed by atoms with van der Waals surface area (Å²) in [6.07, 6.45) is 0. The minimum atomic E-state index is 0.320. The van der Waals surface area contributed by atoms with Gasteiger partial charge in [0.2, 0.25) is 5.28 Å². The number of nitrogens with zero attached hydrogens (tertiary/aromatic N) is 3. The molecule has 3 nitrogen and oxygen atoms in total. The molecule has 0 saturated heterocycles. The zero-order chi connectivity index (χ0) is 12.8. The van der Waals surface area contributed by atoms with Gasteiger partial charge < -0.3 is 4.90 Å². The number of anilines is 1. The number of hydrogen-bond acceptors (Lipinski definition) is 4. The summed E-state index contributed by atoms with van der Waals surface area (Å²) >= 11 is 7.62. The lowest BCUT2D eigenvalue weighted by Crippen LogP contribution is -2.16. The number of aromatic nitrogens is 2. The molecule has 2 aromatic heterocycles. The Bertz CT molecular complexity index is 743. The monoisotopic (exact) mass is 287 g/mol. The van der Waals surface area contributed by atoms with Crippen molar-refractivity contribution in [3.63, 3.8) is 0 Å². The van der Waals surface area contributed by atoms with Crippen molar-refractivity contribution in [2.45, 2.75) is 13.1 Å². The summed E-state index contributed by atoms with van der Waals surface area (Å²) in [7, 11) is 0. The van der Waals surface area contributed by atoms with E-state index in [1.54, 1.807) is 11.3 Å². The maximum Gasteiger partial charge on any atom is 0.225 e. The molecule has 0 N–H and O–H groups in total. The summed E-state index contributed by atoms with van der Waals surface area (Å²) in [5.74, 6) is 0.937. The number of halogens is 1. The van der Waals surface area contributed by atoms with Crippen LogP contribution >= 0.6 is 22.9 Å². The zero-order valence-electron chi connectivity index (χ0n) is 10.0. The average Bonchev–Trinajstić information content (AvgIpc) is 3.03. The summed E-state index contributed by atoms with van der Waals surface area (Å²) in [5, 5.41) is 3.44. The molecule has 0 fully saturated rings. The number of benzene rings is 1. The first-order valence-electron chi connectivity index (χ1n) is 6.04. The summed E-state index contributed by atoms with van der Waals surface area (Å²) in [6, 6.07) is 10.6. The Morgan fingerprint density at radius 3 is 2.53 bits per heavy atom. The van der Waals surface area contributed by atoms with E-state index in [-0.39, 0.29) is 0 Å². The van der Waals surface area contributed by atoms with Crippen LogP contribution in [0.15, 0.2) is 35.7 Å². The van der Waals surface area contributed by atoms with Crippen LogP contribution in [0.5, 0.6) is 0 Å². The second kappa shape index (κ2) is 4.18. The van der Waals surface area contributed by atoms with E-state index < -0.39 is 0 Å². The number of thiophene rings is 1. The topological polar surface area (TPSA) is 29.0 Å². The van der Waals surface area contributed by atoms with Crippen molar-refractivity contribution >= 4 is 39.0 Å². The summed E-state index contributed by atoms with van der Waals surface area (Å²) in [4.78, 5) is 11.9. The molecular formula is C14H10ClN3S. The Kier molecular flexibility index (Phi) is 2.47. The minimum Gasteiger partial charge on any atom is -0.347 e. The highest BCUT2D eigenvalue weighted by Crippen LogP contribution is 2.34. The highest BCUT2D eigenvalue weighted by molar-refractivity contribution is 7.16. The number of rotatable bonds is 1. The number of hydrogen-bond donors (Lipinski definition) is 0. The van der Waals surface area contributed by atoms with Crippen LogP contribution in [0.4, 0.5) is 5.82 Å². The van der Waals surface area contributed by atoms with Crippen molar-refractivity contribution in [1.82, 2.24) is 9.97 Å². The van der Waals surface area contributed by atoms with Crippen LogP contribution in [-0.4, -0.2) is 9.97 Å². The maximum absolute atomic E-state index is 6.03. The van der Waals surface area contributed by atoms with E-state index in [0.29, 0.717) is 5.28 Å². The molecule has 4 rings (SSSR count). The Morgan fingerprint density at radius 1 is 1.05 bits per heavy atom. The van der Waals surface area contributed by atoms with E-state index in [9.17, 15) is 0 Å². The second-order valence-corrected chi connectivity index (χ2v) is 5.81. The van der Waals surface area contributed by atoms with E-state index >= 15 is 0 Å². The zero-order valence-corrected chi connectivity index (χ0v) is 11.6. The lowest BCUT2D eigenvalue weighted by Gasteiger charge is -2.17. The fourth-order valence-corrected chi connectivity index (χ4v) is 3.51. The van der Waals surface area contributed by atoms with Crippen LogP contribution in [0, 0.1) is 0 Å². The first-order chi connectivity index (χ1) is 9.31. The summed E-state index contributed by atoms with van der Waals surface area (Å²) in [5.41, 5.74) is 2.72. The van der Waals surface area contributed by atoms with Gasteiger partial charge in [-0.3, -0.25) is 0 Å². The minimum absolute atomic E-state index is 0.320. The van der Waals surface area contributed by atoms with E-state index in [1.807, 2.05) is 5.38 Å². The molecule has 0 saturated carbocycles. The molecule has 0 aliphatic carbocycles. The van der Waals surface area contributed by atoms with Crippen LogP contribution in [0.3, 0.4) is 0 Å². The van der Waals surface area contributed by atoms with E-state index in [4.69, 9.17) is 11.6 Å². The van der Waals surface area contributed by atoms with Gasteiger partial charge in [-0.1, -0.05) is 24.3 Å². The van der Waals surface area contributed by atoms with Gasteiger partial charge >= 0.3 is 0 Å². The Balaban J connectivity index is 1.83. The molecule has 1 aliphatic rings. The van der Waals surface area contributed by atoms with Crippen LogP contribution in [0.2, 0.25) is 5.28 Å². The van der Waals surface area contributed by atoms with Gasteiger partial charge in [0, 0.05) is 13.1 Å². The molecule has 3 heterocycles. The fraction of sp³-hybridized carbons (Fsp3) is 0.143. The molecule has 0 amide bonds. The second-order valence-electron chi connectivity index (χ2n) is 4.58. The number of fused-ring (bicyclic) bond motifs is 2. The van der Waals surface area contributed by atoms with Gasteiger partial charge in [0.1, 0.15) is 10.6 Å². The lowest BCUT2D eigenvalue weighted by molar-refractivity contribution is 0.860. The molecule has 5 heteroatoms. The first kappa shape index (κ1) is 11.2. The molecule has 0 radical (unpaired) electrons. The van der Waals surface area contributed by atoms with Gasteiger partial charge in [0.25, 0.3) is 0 Å². The molecule has 1 aliphatic heterocycles. The van der Waals surface area contributed by atoms with E-state index in [1.165, 1.54) is 11.1 Å². The lowest BCUT2D eigenvalue weighted by atomic mass is 10.1. The largest absolute Gasteiger partial charge is 0.347 e. The van der Waals surface area contributed by atoms with Gasteiger partial charge in [-0.25, -0.2) is 4.98 Å². The summed E-state index contributed by atoms with van der Waals surface area (Å²) in [6.45, 7) is 1.77. The van der Waals surface area contributed by atoms with Gasteiger partial charge in [-0.2, -0.15) is 4.98 Å². The average molecular weight is 288 g/mol. The SMILES string of the molecule is Clc1nc(N2Cc3ccccc3C2)c2ccsc2n1. The third-order valence-electron chi connectivity index (χ3n) is 3.42. The van der Waals surface area contributed by atoms with Gasteiger partial charge in [-0.15, -0.1) is 11.3 Å². The molecule has 94 valence electrons. The standard InChI is InChI=1S/C14H10ClN3S/c15-14-16-12(11-5-6-19-13(11)17-14)18-7-9-3-1-2-4-10(9)8-18/h1-6H,7-8H2. The molecule has 0 bridgehead atoms. The van der Waals surface area contributed by atoms with Crippen LogP contribution < -0.4 is 4.90 Å². The fourth-order valence-electron chi connectivity index (χ4n) is 2.54. The van der Waals surface area contributed by atoms with Crippen molar-refractivity contribution in [2.75, 3.05) is 4.90 Å². The third-order valence-corrected chi connectivity index (χ3v) is 4.39. The van der Waals surface area contributed by atoms with Crippen LogP contribution in [-0.2, 0) is 13.1 Å². The van der Waals surface area contributed by atoms with Crippen molar-refractivity contribution in [2.24, 2.45) is 0 Å². The predicted molar refractivity (Wildman–Crippen MR) is 78.8 cm³/mol. The van der Waals surface area contributed by atoms with Crippen molar-refractivity contribution in [3.8, 4) is 0 Å². The molecule has 3 aromatic rings. The predicted octanol–water partition coefficient (Wildman–Crippen LogP) is 3.86. The van der Waals surface area contributed by atoms with Crippen LogP contribution in [0.25, 0.3) is 10.2 Å². The van der Waals surface area contributed by atoms with Gasteiger partial charge in [0.05, 0.1) is 5.39 Å². The molecule has 0 spiro atoms. The Morgan fingerprint density at radius 2 is 1.79 bits per heavy atom. The Labute approximate surface area is 119 Å².